The fourth-order valence-corrected chi connectivity index (χ4v) is 18.3. The molecule has 0 aliphatic heterocycles. The van der Waals surface area contributed by atoms with Crippen LogP contribution in [0.4, 0.5) is 34.1 Å². The zero-order valence-electron chi connectivity index (χ0n) is 62.2. The van der Waals surface area contributed by atoms with Crippen LogP contribution >= 0.6 is 0 Å². The Bertz CT molecular complexity index is 7230. The van der Waals surface area contributed by atoms with Crippen molar-refractivity contribution in [2.45, 2.75) is 38.5 Å². The van der Waals surface area contributed by atoms with Crippen LogP contribution < -0.4 is 9.80 Å². The van der Waals surface area contributed by atoms with Gasteiger partial charge >= 0.3 is 0 Å². The number of hydrogen-bond acceptors (Lipinski definition) is 6. The lowest BCUT2D eigenvalue weighted by Crippen LogP contribution is -2.16. The summed E-state index contributed by atoms with van der Waals surface area (Å²) in [6.45, 7) is 9.39. The van der Waals surface area contributed by atoms with Crippen molar-refractivity contribution in [1.29, 1.82) is 0 Å². The Morgan fingerprint density at radius 2 is 0.455 bits per heavy atom. The van der Waals surface area contributed by atoms with Crippen molar-refractivity contribution in [1.82, 2.24) is 0 Å². The van der Waals surface area contributed by atoms with Gasteiger partial charge in [-0.2, -0.15) is 0 Å². The molecule has 0 atom stereocenters. The van der Waals surface area contributed by atoms with Crippen molar-refractivity contribution in [3.63, 3.8) is 0 Å². The Hall–Kier alpha value is -14.2. The van der Waals surface area contributed by atoms with E-state index in [0.717, 1.165) is 161 Å². The second-order valence-corrected chi connectivity index (χ2v) is 31.0. The van der Waals surface area contributed by atoms with E-state index < -0.39 is 0 Å². The second kappa shape index (κ2) is 25.2. The lowest BCUT2D eigenvalue weighted by Gasteiger charge is -2.29. The van der Waals surface area contributed by atoms with Crippen molar-refractivity contribution < 1.29 is 17.7 Å². The number of hydrogen-bond donors (Lipinski definition) is 0. The Labute approximate surface area is 647 Å². The van der Waals surface area contributed by atoms with Gasteiger partial charge in [0.25, 0.3) is 0 Å². The van der Waals surface area contributed by atoms with Crippen molar-refractivity contribution in [2.24, 2.45) is 0 Å². The molecule has 0 fully saturated rings. The van der Waals surface area contributed by atoms with Gasteiger partial charge in [0.1, 0.15) is 44.7 Å². The third-order valence-electron chi connectivity index (χ3n) is 24.0. The van der Waals surface area contributed by atoms with E-state index in [2.05, 4.69) is 353 Å². The maximum Gasteiger partial charge on any atom is 0.135 e. The number of para-hydroxylation sites is 4. The predicted octanol–water partition coefficient (Wildman–Crippen LogP) is 30.3. The van der Waals surface area contributed by atoms with Gasteiger partial charge in [0.2, 0.25) is 0 Å². The van der Waals surface area contributed by atoms with Gasteiger partial charge in [-0.1, -0.05) is 252 Å². The number of anilines is 6. The zero-order chi connectivity index (χ0) is 74.5. The fraction of sp³-hybridized carbons (Fsp3) is 0.0566. The normalized spacial score (nSPS) is 13.1. The van der Waals surface area contributed by atoms with E-state index in [9.17, 15) is 0 Å². The molecule has 17 aromatic carbocycles. The third-order valence-corrected chi connectivity index (χ3v) is 24.0. The molecule has 0 saturated heterocycles. The van der Waals surface area contributed by atoms with Crippen molar-refractivity contribution in [3.05, 3.63) is 386 Å². The minimum Gasteiger partial charge on any atom is -0.456 e. The average Bonchev–Trinajstić information content (AvgIpc) is 1.53. The van der Waals surface area contributed by atoms with E-state index in [4.69, 9.17) is 17.7 Å². The molecular weight excluding hydrogens is 1370 g/mol. The molecule has 4 aromatic heterocycles. The summed E-state index contributed by atoms with van der Waals surface area (Å²) in [4.78, 5) is 4.82. The maximum atomic E-state index is 6.20. The third kappa shape index (κ3) is 10.4. The van der Waals surface area contributed by atoms with E-state index in [0.29, 0.717) is 0 Å². The van der Waals surface area contributed by atoms with Crippen molar-refractivity contribution >= 4 is 133 Å². The lowest BCUT2D eigenvalue weighted by molar-refractivity contribution is 0.660. The van der Waals surface area contributed by atoms with Crippen LogP contribution in [-0.4, -0.2) is 0 Å². The Morgan fingerprint density at radius 1 is 0.179 bits per heavy atom. The molecule has 6 nitrogen and oxygen atoms in total. The Morgan fingerprint density at radius 3 is 0.857 bits per heavy atom. The molecule has 0 spiro atoms. The van der Waals surface area contributed by atoms with Crippen molar-refractivity contribution in [2.75, 3.05) is 9.80 Å². The molecular formula is C106H72N2O4. The van der Waals surface area contributed by atoms with E-state index >= 15 is 0 Å². The average molecular weight is 1440 g/mol. The Balaban J connectivity index is 0.000000138. The molecule has 4 heterocycles. The first-order valence-electron chi connectivity index (χ1n) is 38.6. The lowest BCUT2D eigenvalue weighted by atomic mass is 9.82. The molecule has 21 aromatic rings. The van der Waals surface area contributed by atoms with Crippen LogP contribution in [0.25, 0.3) is 165 Å². The molecule has 0 unspecified atom stereocenters. The van der Waals surface area contributed by atoms with Crippen LogP contribution in [0.2, 0.25) is 0 Å². The molecule has 0 amide bonds. The Kier molecular flexibility index (Phi) is 14.6. The summed E-state index contributed by atoms with van der Waals surface area (Å²) in [7, 11) is 0. The number of furan rings is 4. The first-order valence-corrected chi connectivity index (χ1v) is 38.6. The number of rotatable bonds is 10. The molecule has 530 valence electrons. The molecule has 112 heavy (non-hydrogen) atoms. The van der Waals surface area contributed by atoms with E-state index in [1.807, 2.05) is 48.5 Å². The van der Waals surface area contributed by atoms with Crippen LogP contribution in [0.1, 0.15) is 49.9 Å². The zero-order valence-corrected chi connectivity index (χ0v) is 62.2. The van der Waals surface area contributed by atoms with Crippen LogP contribution in [0.15, 0.2) is 382 Å². The van der Waals surface area contributed by atoms with Gasteiger partial charge in [-0.15, -0.1) is 0 Å². The van der Waals surface area contributed by atoms with E-state index in [-0.39, 0.29) is 10.8 Å². The summed E-state index contributed by atoms with van der Waals surface area (Å²) in [5, 5.41) is 11.5. The van der Waals surface area contributed by atoms with E-state index in [1.54, 1.807) is 0 Å². The largest absolute Gasteiger partial charge is 0.456 e. The first kappa shape index (κ1) is 64.9. The van der Waals surface area contributed by atoms with Crippen LogP contribution in [-0.2, 0) is 10.8 Å². The van der Waals surface area contributed by atoms with Gasteiger partial charge in [0.15, 0.2) is 0 Å². The second-order valence-electron chi connectivity index (χ2n) is 31.0. The number of nitrogens with zero attached hydrogens (tertiary/aromatic N) is 2. The topological polar surface area (TPSA) is 59.0 Å². The van der Waals surface area contributed by atoms with Crippen molar-refractivity contribution in [3.8, 4) is 66.8 Å². The maximum absolute atomic E-state index is 6.20. The van der Waals surface area contributed by atoms with Crippen LogP contribution in [0.3, 0.4) is 0 Å². The molecule has 2 aliphatic rings. The monoisotopic (exact) mass is 1440 g/mol. The predicted molar refractivity (Wildman–Crippen MR) is 466 cm³/mol. The van der Waals surface area contributed by atoms with Gasteiger partial charge in [0, 0.05) is 87.7 Å². The molecule has 0 saturated carbocycles. The first-order chi connectivity index (χ1) is 55.0. The highest BCUT2D eigenvalue weighted by molar-refractivity contribution is 6.12. The molecule has 0 N–H and O–H groups in total. The highest BCUT2D eigenvalue weighted by atomic mass is 16.3. The smallest absolute Gasteiger partial charge is 0.135 e. The molecule has 0 radical (unpaired) electrons. The summed E-state index contributed by atoms with van der Waals surface area (Å²) < 4.78 is 24.6. The summed E-state index contributed by atoms with van der Waals surface area (Å²) in [5.41, 5.74) is 33.7. The van der Waals surface area contributed by atoms with Gasteiger partial charge in [-0.3, -0.25) is 0 Å². The highest BCUT2D eigenvalue weighted by Gasteiger charge is 2.38. The minimum atomic E-state index is -0.130. The molecule has 2 aliphatic carbocycles. The van der Waals surface area contributed by atoms with Gasteiger partial charge < -0.3 is 27.5 Å². The molecule has 0 bridgehead atoms. The van der Waals surface area contributed by atoms with Gasteiger partial charge in [-0.25, -0.2) is 0 Å². The highest BCUT2D eigenvalue weighted by Crippen LogP contribution is 2.54. The SMILES string of the molecule is CC1(C)c2ccccc2-c2ccc(N(c3ccc(-c4ccc5oc6ccccc6c5c4)cc3)c3ccc(-c4ccc5oc6ccccc6c5c4)c4ccccc34)cc21.CC1(C)c2ccccc2-c2ccc(N(c3ccc(-c4ccc5oc6ccccc6c5c4)cc3)c3ccc(-c4ccc5oc6ccccc6c5c4)cc3)cc21. The van der Waals surface area contributed by atoms with E-state index in [1.165, 1.54) is 60.8 Å². The number of fused-ring (bicyclic) bond motifs is 19. The molecule has 6 heteroatoms. The summed E-state index contributed by atoms with van der Waals surface area (Å²) in [6.07, 6.45) is 0. The molecule has 23 rings (SSSR count). The summed E-state index contributed by atoms with van der Waals surface area (Å²) in [5.74, 6) is 0. The van der Waals surface area contributed by atoms with Crippen LogP contribution in [0.5, 0.6) is 0 Å². The minimum absolute atomic E-state index is 0.104. The van der Waals surface area contributed by atoms with Crippen LogP contribution in [0, 0.1) is 0 Å². The summed E-state index contributed by atoms with van der Waals surface area (Å²) >= 11 is 0. The van der Waals surface area contributed by atoms with Gasteiger partial charge in [-0.05, 0) is 234 Å². The fourth-order valence-electron chi connectivity index (χ4n) is 18.3. The van der Waals surface area contributed by atoms with Gasteiger partial charge in [0.05, 0.1) is 5.69 Å². The summed E-state index contributed by atoms with van der Waals surface area (Å²) in [6, 6.07) is 131. The quantitative estimate of drug-likeness (QED) is 0.136. The number of benzene rings is 17. The standard InChI is InChI=1S/C55H37NO2.C51H35NO2/c1-55(2)48-16-8-5-12-41(48)42-26-25-38(33-49(42)55)56(37-23-19-34(20-24-37)35-21-29-53-46(31-35)44-14-6-9-17-51(44)57-53)50-28-27-39(40-11-3-4-13-43(40)50)36-22-30-54-47(32-36)45-15-7-10-18-52(45)58-54;1-51(2)45-12-6-3-9-39(45)40-26-25-38(31-46(40)51)52(36-21-15-32(16-22-36)34-19-27-49-43(29-34)41-10-4-7-13-47(41)53-49)37-23-17-33(18-24-37)35-20-28-50-44(30-35)42-11-5-8-14-48(42)54-50/h3-33H,1-2H3;3-31H,1-2H3.